The van der Waals surface area contributed by atoms with Crippen molar-refractivity contribution in [2.75, 3.05) is 0 Å². The predicted molar refractivity (Wildman–Crippen MR) is 74.1 cm³/mol. The summed E-state index contributed by atoms with van der Waals surface area (Å²) in [6.45, 7) is 0. The molecule has 1 atom stereocenters. The third-order valence-corrected chi connectivity index (χ3v) is 3.74. The van der Waals surface area contributed by atoms with Gasteiger partial charge in [-0.1, -0.05) is 15.9 Å². The first-order valence-electron chi connectivity index (χ1n) is 4.70. The van der Waals surface area contributed by atoms with Gasteiger partial charge in [0.25, 0.3) is 0 Å². The van der Waals surface area contributed by atoms with Gasteiger partial charge in [-0.25, -0.2) is 0 Å². The van der Waals surface area contributed by atoms with Gasteiger partial charge in [0.15, 0.2) is 0 Å². The van der Waals surface area contributed by atoms with Crippen molar-refractivity contribution in [2.24, 2.45) is 7.05 Å². The Labute approximate surface area is 116 Å². The quantitative estimate of drug-likeness (QED) is 0.798. The minimum Gasteiger partial charge on any atom is -0.382 e. The highest BCUT2D eigenvalue weighted by Crippen LogP contribution is 2.27. The molecule has 0 amide bonds. The van der Waals surface area contributed by atoms with Crippen LogP contribution >= 0.6 is 38.5 Å². The molecular weight excluding hydrogens is 383 g/mol. The van der Waals surface area contributed by atoms with Gasteiger partial charge in [-0.2, -0.15) is 5.10 Å². The van der Waals surface area contributed by atoms with Crippen molar-refractivity contribution in [1.29, 1.82) is 0 Å². The SMILES string of the molecule is Cn1ccc(C(O)c2cc(Br)ccc2I)n1. The second-order valence-electron chi connectivity index (χ2n) is 3.48. The van der Waals surface area contributed by atoms with Crippen molar-refractivity contribution < 1.29 is 5.11 Å². The van der Waals surface area contributed by atoms with Crippen molar-refractivity contribution >= 4 is 38.5 Å². The topological polar surface area (TPSA) is 38.0 Å². The fourth-order valence-corrected chi connectivity index (χ4v) is 2.47. The van der Waals surface area contributed by atoms with Gasteiger partial charge in [-0.15, -0.1) is 0 Å². The molecule has 0 saturated carbocycles. The molecule has 0 fully saturated rings. The van der Waals surface area contributed by atoms with Gasteiger partial charge in [0.1, 0.15) is 6.10 Å². The van der Waals surface area contributed by atoms with Gasteiger partial charge < -0.3 is 5.11 Å². The first kappa shape index (κ1) is 12.1. The van der Waals surface area contributed by atoms with Gasteiger partial charge in [0.2, 0.25) is 0 Å². The number of halogens is 2. The molecule has 5 heteroatoms. The number of aryl methyl sites for hydroxylation is 1. The molecule has 0 aliphatic heterocycles. The third kappa shape index (κ3) is 2.46. The maximum atomic E-state index is 10.2. The molecule has 1 aromatic carbocycles. The Morgan fingerprint density at radius 1 is 1.44 bits per heavy atom. The number of aliphatic hydroxyl groups is 1. The third-order valence-electron chi connectivity index (χ3n) is 2.27. The fourth-order valence-electron chi connectivity index (χ4n) is 1.46. The lowest BCUT2D eigenvalue weighted by molar-refractivity contribution is 0.213. The highest BCUT2D eigenvalue weighted by molar-refractivity contribution is 14.1. The molecule has 1 unspecified atom stereocenters. The summed E-state index contributed by atoms with van der Waals surface area (Å²) in [6.07, 6.45) is 1.15. The number of hydrogen-bond donors (Lipinski definition) is 1. The van der Waals surface area contributed by atoms with Gasteiger partial charge in [0, 0.05) is 26.9 Å². The summed E-state index contributed by atoms with van der Waals surface area (Å²) in [7, 11) is 1.84. The molecule has 16 heavy (non-hydrogen) atoms. The predicted octanol–water partition coefficient (Wildman–Crippen LogP) is 2.87. The molecule has 2 rings (SSSR count). The van der Waals surface area contributed by atoms with Crippen molar-refractivity contribution in [3.8, 4) is 0 Å². The van der Waals surface area contributed by atoms with E-state index in [9.17, 15) is 5.11 Å². The zero-order chi connectivity index (χ0) is 11.7. The van der Waals surface area contributed by atoms with E-state index in [1.807, 2.05) is 37.5 Å². The van der Waals surface area contributed by atoms with E-state index in [1.165, 1.54) is 0 Å². The lowest BCUT2D eigenvalue weighted by Crippen LogP contribution is -2.03. The molecule has 84 valence electrons. The van der Waals surface area contributed by atoms with Crippen LogP contribution in [0.25, 0.3) is 0 Å². The summed E-state index contributed by atoms with van der Waals surface area (Å²) < 4.78 is 3.67. The average molecular weight is 393 g/mol. The normalized spacial score (nSPS) is 12.8. The number of aromatic nitrogens is 2. The van der Waals surface area contributed by atoms with E-state index in [2.05, 4.69) is 43.6 Å². The molecule has 0 bridgehead atoms. The summed E-state index contributed by atoms with van der Waals surface area (Å²) >= 11 is 5.61. The Balaban J connectivity index is 2.40. The first-order chi connectivity index (χ1) is 7.58. The van der Waals surface area contributed by atoms with E-state index < -0.39 is 6.10 Å². The van der Waals surface area contributed by atoms with Gasteiger partial charge in [-0.05, 0) is 46.9 Å². The Morgan fingerprint density at radius 2 is 2.19 bits per heavy atom. The minimum absolute atomic E-state index is 0.665. The Hall–Kier alpha value is -0.400. The van der Waals surface area contributed by atoms with Crippen LogP contribution in [0.5, 0.6) is 0 Å². The lowest BCUT2D eigenvalue weighted by Gasteiger charge is -2.10. The van der Waals surface area contributed by atoms with E-state index in [-0.39, 0.29) is 0 Å². The molecule has 1 N–H and O–H groups in total. The number of hydrogen-bond acceptors (Lipinski definition) is 2. The summed E-state index contributed by atoms with van der Waals surface area (Å²) in [5.74, 6) is 0. The molecule has 1 aromatic heterocycles. The Kier molecular flexibility index (Phi) is 3.66. The molecule has 0 aliphatic rings. The summed E-state index contributed by atoms with van der Waals surface area (Å²) in [5.41, 5.74) is 1.53. The van der Waals surface area contributed by atoms with E-state index in [4.69, 9.17) is 0 Å². The van der Waals surface area contributed by atoms with Crippen molar-refractivity contribution in [1.82, 2.24) is 9.78 Å². The molecule has 0 radical (unpaired) electrons. The molecule has 3 nitrogen and oxygen atoms in total. The van der Waals surface area contributed by atoms with Crippen LogP contribution in [0.2, 0.25) is 0 Å². The highest BCUT2D eigenvalue weighted by Gasteiger charge is 2.16. The number of benzene rings is 1. The van der Waals surface area contributed by atoms with Crippen LogP contribution in [0.15, 0.2) is 34.9 Å². The zero-order valence-corrected chi connectivity index (χ0v) is 12.3. The monoisotopic (exact) mass is 392 g/mol. The van der Waals surface area contributed by atoms with E-state index >= 15 is 0 Å². The molecule has 0 saturated heterocycles. The van der Waals surface area contributed by atoms with Crippen molar-refractivity contribution in [3.05, 3.63) is 49.8 Å². The molecule has 2 aromatic rings. The zero-order valence-electron chi connectivity index (χ0n) is 8.56. The summed E-state index contributed by atoms with van der Waals surface area (Å²) in [6, 6.07) is 7.66. The summed E-state index contributed by atoms with van der Waals surface area (Å²) in [4.78, 5) is 0. The Morgan fingerprint density at radius 3 is 2.81 bits per heavy atom. The number of aliphatic hydroxyl groups excluding tert-OH is 1. The largest absolute Gasteiger partial charge is 0.382 e. The lowest BCUT2D eigenvalue weighted by atomic mass is 10.1. The Bertz CT molecular complexity index is 512. The van der Waals surface area contributed by atoms with E-state index in [0.29, 0.717) is 5.69 Å². The van der Waals surface area contributed by atoms with Crippen LogP contribution in [0.4, 0.5) is 0 Å². The number of nitrogens with zero attached hydrogens (tertiary/aromatic N) is 2. The van der Waals surface area contributed by atoms with Crippen LogP contribution in [0.1, 0.15) is 17.4 Å². The van der Waals surface area contributed by atoms with Gasteiger partial charge in [0.05, 0.1) is 5.69 Å². The second-order valence-corrected chi connectivity index (χ2v) is 5.56. The fraction of sp³-hybridized carbons (Fsp3) is 0.182. The maximum Gasteiger partial charge on any atom is 0.124 e. The molecule has 0 spiro atoms. The van der Waals surface area contributed by atoms with Crippen molar-refractivity contribution in [2.45, 2.75) is 6.10 Å². The maximum absolute atomic E-state index is 10.2. The van der Waals surface area contributed by atoms with Crippen molar-refractivity contribution in [3.63, 3.8) is 0 Å². The first-order valence-corrected chi connectivity index (χ1v) is 6.57. The van der Waals surface area contributed by atoms with E-state index in [0.717, 1.165) is 13.6 Å². The van der Waals surface area contributed by atoms with Gasteiger partial charge >= 0.3 is 0 Å². The second kappa shape index (κ2) is 4.85. The van der Waals surface area contributed by atoms with Crippen LogP contribution in [-0.2, 0) is 7.05 Å². The smallest absolute Gasteiger partial charge is 0.124 e. The average Bonchev–Trinajstić information content (AvgIpc) is 2.67. The molecule has 1 heterocycles. The number of rotatable bonds is 2. The van der Waals surface area contributed by atoms with E-state index in [1.54, 1.807) is 4.68 Å². The van der Waals surface area contributed by atoms with Crippen LogP contribution in [0, 0.1) is 3.57 Å². The summed E-state index contributed by atoms with van der Waals surface area (Å²) in [5, 5.41) is 14.4. The molecule has 0 aliphatic carbocycles. The van der Waals surface area contributed by atoms with Crippen LogP contribution in [0.3, 0.4) is 0 Å². The van der Waals surface area contributed by atoms with Crippen LogP contribution in [-0.4, -0.2) is 14.9 Å². The minimum atomic E-state index is -0.675. The highest BCUT2D eigenvalue weighted by atomic mass is 127. The van der Waals surface area contributed by atoms with Gasteiger partial charge in [-0.3, -0.25) is 4.68 Å². The standard InChI is InChI=1S/C11H10BrIN2O/c1-15-5-4-10(14-15)11(16)8-6-7(12)2-3-9(8)13/h2-6,11,16H,1H3. The van der Waals surface area contributed by atoms with Crippen LogP contribution < -0.4 is 0 Å². The molecular formula is C11H10BrIN2O.